The molecule has 34 heavy (non-hydrogen) atoms. The number of para-hydroxylation sites is 1. The van der Waals surface area contributed by atoms with Crippen LogP contribution in [0.3, 0.4) is 0 Å². The van der Waals surface area contributed by atoms with Gasteiger partial charge in [0.25, 0.3) is 5.91 Å². The van der Waals surface area contributed by atoms with Crippen molar-refractivity contribution >= 4 is 28.8 Å². The summed E-state index contributed by atoms with van der Waals surface area (Å²) in [5, 5.41) is 25.3. The van der Waals surface area contributed by atoms with Gasteiger partial charge in [0.1, 0.15) is 11.6 Å². The number of rotatable bonds is 8. The number of nitro groups is 1. The molecule has 10 heteroatoms. The first-order valence-corrected chi connectivity index (χ1v) is 10.5. The first-order valence-electron chi connectivity index (χ1n) is 10.5. The molecule has 1 amide bonds. The minimum absolute atomic E-state index is 0.0963. The van der Waals surface area contributed by atoms with Gasteiger partial charge in [-0.3, -0.25) is 14.9 Å². The number of carbonyl (C=O) groups is 1. The largest absolute Gasteiger partial charge is 0.507 e. The van der Waals surface area contributed by atoms with Gasteiger partial charge in [0.05, 0.1) is 34.3 Å². The molecule has 1 aromatic heterocycles. The maximum absolute atomic E-state index is 12.5. The number of aromatic amines is 1. The van der Waals surface area contributed by atoms with Crippen LogP contribution in [0.25, 0.3) is 22.4 Å². The maximum Gasteiger partial charge on any atom is 0.311 e. The number of phenols is 1. The highest BCUT2D eigenvalue weighted by molar-refractivity contribution is 5.98. The molecule has 1 heterocycles. The molecule has 172 valence electrons. The van der Waals surface area contributed by atoms with Gasteiger partial charge in [-0.1, -0.05) is 19.1 Å². The van der Waals surface area contributed by atoms with Crippen LogP contribution in [0.2, 0.25) is 0 Å². The minimum atomic E-state index is -0.524. The third-order valence-electron chi connectivity index (χ3n) is 4.92. The Bertz CT molecular complexity index is 1400. The van der Waals surface area contributed by atoms with Crippen LogP contribution >= 0.6 is 0 Å². The molecule has 0 fully saturated rings. The standard InChI is InChI=1S/C24H21N5O5/c1-2-11-34-22-10-7-15(12-20(22)29(32)33)14-25-28-24(31)16-8-9-18-19(13-16)27-23(26-18)17-5-3-4-6-21(17)30/h3-10,12-14,30H,2,11H2,1H3,(H,26,27)(H,28,31)/b25-14+. The molecule has 0 aliphatic rings. The number of benzene rings is 3. The zero-order valence-corrected chi connectivity index (χ0v) is 18.2. The number of imidazole rings is 1. The quantitative estimate of drug-likeness (QED) is 0.202. The Morgan fingerprint density at radius 2 is 2.06 bits per heavy atom. The predicted octanol–water partition coefficient (Wildman–Crippen LogP) is 4.40. The Morgan fingerprint density at radius 1 is 1.24 bits per heavy atom. The number of hydrazone groups is 1. The summed E-state index contributed by atoms with van der Waals surface area (Å²) < 4.78 is 5.40. The topological polar surface area (TPSA) is 143 Å². The Labute approximate surface area is 194 Å². The molecule has 0 unspecified atom stereocenters. The lowest BCUT2D eigenvalue weighted by molar-refractivity contribution is -0.385. The summed E-state index contributed by atoms with van der Waals surface area (Å²) >= 11 is 0. The highest BCUT2D eigenvalue weighted by atomic mass is 16.6. The van der Waals surface area contributed by atoms with E-state index in [4.69, 9.17) is 4.74 Å². The van der Waals surface area contributed by atoms with E-state index in [-0.39, 0.29) is 17.2 Å². The van der Waals surface area contributed by atoms with E-state index in [0.29, 0.717) is 40.2 Å². The smallest absolute Gasteiger partial charge is 0.311 e. The van der Waals surface area contributed by atoms with Gasteiger partial charge in [-0.25, -0.2) is 10.4 Å². The molecule has 0 saturated carbocycles. The van der Waals surface area contributed by atoms with Gasteiger partial charge >= 0.3 is 5.69 Å². The summed E-state index contributed by atoms with van der Waals surface area (Å²) in [6.45, 7) is 2.28. The minimum Gasteiger partial charge on any atom is -0.507 e. The number of fused-ring (bicyclic) bond motifs is 1. The Kier molecular flexibility index (Phi) is 6.49. The van der Waals surface area contributed by atoms with Crippen LogP contribution in [-0.2, 0) is 0 Å². The Balaban J connectivity index is 1.48. The molecule has 3 N–H and O–H groups in total. The number of ether oxygens (including phenoxy) is 1. The maximum atomic E-state index is 12.5. The highest BCUT2D eigenvalue weighted by Crippen LogP contribution is 2.29. The van der Waals surface area contributed by atoms with Gasteiger partial charge in [-0.15, -0.1) is 0 Å². The molecule has 0 atom stereocenters. The summed E-state index contributed by atoms with van der Waals surface area (Å²) in [5.74, 6) is 0.300. The molecule has 0 saturated heterocycles. The number of H-pyrrole nitrogens is 1. The summed E-state index contributed by atoms with van der Waals surface area (Å²) in [5.41, 5.74) is 4.82. The van der Waals surface area contributed by atoms with Crippen molar-refractivity contribution in [3.05, 3.63) is 81.9 Å². The second kappa shape index (κ2) is 9.82. The summed E-state index contributed by atoms with van der Waals surface area (Å²) in [6.07, 6.45) is 2.05. The van der Waals surface area contributed by atoms with Crippen LogP contribution in [0.5, 0.6) is 11.5 Å². The number of phenolic OH excluding ortho intramolecular Hbond substituents is 1. The number of aromatic hydroxyl groups is 1. The molecule has 0 bridgehead atoms. The van der Waals surface area contributed by atoms with Gasteiger partial charge in [0, 0.05) is 17.2 Å². The van der Waals surface area contributed by atoms with E-state index in [1.807, 2.05) is 6.92 Å². The van der Waals surface area contributed by atoms with E-state index in [1.165, 1.54) is 18.3 Å². The molecule has 0 radical (unpaired) electrons. The number of nitrogens with one attached hydrogen (secondary N) is 2. The fourth-order valence-corrected chi connectivity index (χ4v) is 3.27. The number of nitrogens with zero attached hydrogens (tertiary/aromatic N) is 3. The SMILES string of the molecule is CCCOc1ccc(/C=N/NC(=O)c2ccc3nc(-c4ccccc4O)[nH]c3c2)cc1[N+](=O)[O-]. The Hall–Kier alpha value is -4.73. The predicted molar refractivity (Wildman–Crippen MR) is 127 cm³/mol. The number of nitro benzene ring substituents is 1. The Morgan fingerprint density at radius 3 is 2.82 bits per heavy atom. The van der Waals surface area contributed by atoms with E-state index in [1.54, 1.807) is 48.5 Å². The van der Waals surface area contributed by atoms with Crippen molar-refractivity contribution in [2.24, 2.45) is 5.10 Å². The molecule has 3 aromatic carbocycles. The number of hydrogen-bond acceptors (Lipinski definition) is 7. The molecule has 0 spiro atoms. The zero-order valence-electron chi connectivity index (χ0n) is 18.2. The number of hydrogen-bond donors (Lipinski definition) is 3. The monoisotopic (exact) mass is 459 g/mol. The van der Waals surface area contributed by atoms with Gasteiger partial charge in [-0.2, -0.15) is 5.10 Å². The number of aromatic nitrogens is 2. The van der Waals surface area contributed by atoms with Crippen molar-refractivity contribution in [3.8, 4) is 22.9 Å². The van der Waals surface area contributed by atoms with E-state index in [9.17, 15) is 20.0 Å². The van der Waals surface area contributed by atoms with Crippen molar-refractivity contribution < 1.29 is 19.6 Å². The van der Waals surface area contributed by atoms with Crippen LogP contribution in [0.1, 0.15) is 29.3 Å². The van der Waals surface area contributed by atoms with Gasteiger partial charge in [-0.05, 0) is 48.9 Å². The van der Waals surface area contributed by atoms with Gasteiger partial charge < -0.3 is 14.8 Å². The van der Waals surface area contributed by atoms with Gasteiger partial charge in [0.2, 0.25) is 0 Å². The van der Waals surface area contributed by atoms with Crippen molar-refractivity contribution in [3.63, 3.8) is 0 Å². The summed E-state index contributed by atoms with van der Waals surface area (Å²) in [7, 11) is 0. The fraction of sp³-hybridized carbons (Fsp3) is 0.125. The van der Waals surface area contributed by atoms with Crippen molar-refractivity contribution in [2.75, 3.05) is 6.61 Å². The molecule has 4 aromatic rings. The molecular formula is C24H21N5O5. The van der Waals surface area contributed by atoms with Crippen molar-refractivity contribution in [1.29, 1.82) is 0 Å². The summed E-state index contributed by atoms with van der Waals surface area (Å²) in [4.78, 5) is 30.9. The molecule has 10 nitrogen and oxygen atoms in total. The fourth-order valence-electron chi connectivity index (χ4n) is 3.27. The second-order valence-electron chi connectivity index (χ2n) is 7.37. The first-order chi connectivity index (χ1) is 16.5. The average Bonchev–Trinajstić information content (AvgIpc) is 3.26. The van der Waals surface area contributed by atoms with E-state index < -0.39 is 10.8 Å². The van der Waals surface area contributed by atoms with E-state index >= 15 is 0 Å². The van der Waals surface area contributed by atoms with E-state index in [0.717, 1.165) is 6.42 Å². The van der Waals surface area contributed by atoms with Gasteiger partial charge in [0.15, 0.2) is 5.75 Å². The second-order valence-corrected chi connectivity index (χ2v) is 7.37. The lowest BCUT2D eigenvalue weighted by atomic mass is 10.2. The van der Waals surface area contributed by atoms with E-state index in [2.05, 4.69) is 20.5 Å². The number of carbonyl (C=O) groups excluding carboxylic acids is 1. The van der Waals surface area contributed by atoms with Crippen molar-refractivity contribution in [2.45, 2.75) is 13.3 Å². The molecular weight excluding hydrogens is 438 g/mol. The first kappa shape index (κ1) is 22.5. The van der Waals surface area contributed by atoms with Crippen LogP contribution in [0.4, 0.5) is 5.69 Å². The molecule has 4 rings (SSSR count). The normalized spacial score (nSPS) is 11.1. The average molecular weight is 459 g/mol. The van der Waals surface area contributed by atoms with Crippen molar-refractivity contribution in [1.82, 2.24) is 15.4 Å². The molecule has 0 aliphatic carbocycles. The molecule has 0 aliphatic heterocycles. The van der Waals surface area contributed by atoms with Crippen LogP contribution < -0.4 is 10.2 Å². The third kappa shape index (κ3) is 4.85. The number of amides is 1. The highest BCUT2D eigenvalue weighted by Gasteiger charge is 2.16. The van der Waals surface area contributed by atoms with Crippen LogP contribution in [0, 0.1) is 10.1 Å². The van der Waals surface area contributed by atoms with Crippen LogP contribution in [-0.4, -0.2) is 38.7 Å². The van der Waals surface area contributed by atoms with Crippen LogP contribution in [0.15, 0.2) is 65.8 Å². The lowest BCUT2D eigenvalue weighted by Crippen LogP contribution is -2.17. The lowest BCUT2D eigenvalue weighted by Gasteiger charge is -2.05. The zero-order chi connectivity index (χ0) is 24.1. The summed E-state index contributed by atoms with van der Waals surface area (Å²) in [6, 6.07) is 16.2. The third-order valence-corrected chi connectivity index (χ3v) is 4.92.